The summed E-state index contributed by atoms with van der Waals surface area (Å²) >= 11 is 0. The summed E-state index contributed by atoms with van der Waals surface area (Å²) in [6, 6.07) is 1.94. The summed E-state index contributed by atoms with van der Waals surface area (Å²) < 4.78 is 5.37. The number of nitrogens with one attached hydrogen (secondary N) is 1. The van der Waals surface area contributed by atoms with Crippen LogP contribution in [0.15, 0.2) is 16.7 Å². The molecule has 0 aliphatic heterocycles. The first-order valence-electron chi connectivity index (χ1n) is 5.39. The Hall–Kier alpha value is -0.840. The average Bonchev–Trinajstić information content (AvgIpc) is 2.74. The van der Waals surface area contributed by atoms with Gasteiger partial charge in [-0.2, -0.15) is 0 Å². The largest absolute Gasteiger partial charge is 0.469 e. The second kappa shape index (κ2) is 4.79. The zero-order valence-corrected chi connectivity index (χ0v) is 8.65. The Balaban J connectivity index is 2.06. The normalized spacial score (nSPS) is 20.6. The molecule has 1 unspecified atom stereocenters. The van der Waals surface area contributed by atoms with Crippen molar-refractivity contribution in [3.63, 3.8) is 0 Å². The van der Waals surface area contributed by atoms with Crippen LogP contribution in [0.4, 0.5) is 0 Å². The van der Waals surface area contributed by atoms with E-state index >= 15 is 0 Å². The van der Waals surface area contributed by atoms with Crippen molar-refractivity contribution < 1.29 is 14.6 Å². The predicted octanol–water partition coefficient (Wildman–Crippen LogP) is 0.600. The molecule has 1 aromatic heterocycles. The number of rotatable bonds is 4. The lowest BCUT2D eigenvalue weighted by Crippen LogP contribution is -2.39. The summed E-state index contributed by atoms with van der Waals surface area (Å²) in [5, 5.41) is 21.3. The molecule has 0 fully saturated rings. The van der Waals surface area contributed by atoms with E-state index in [4.69, 9.17) is 14.6 Å². The van der Waals surface area contributed by atoms with Crippen LogP contribution in [-0.4, -0.2) is 29.5 Å². The van der Waals surface area contributed by atoms with E-state index in [-0.39, 0.29) is 25.3 Å². The maximum Gasteiger partial charge on any atom is 0.108 e. The van der Waals surface area contributed by atoms with Gasteiger partial charge in [0.2, 0.25) is 0 Å². The Bertz CT molecular complexity index is 307. The third-order valence-corrected chi connectivity index (χ3v) is 2.93. The second-order valence-electron chi connectivity index (χ2n) is 3.97. The highest BCUT2D eigenvalue weighted by molar-refractivity contribution is 5.24. The van der Waals surface area contributed by atoms with E-state index in [1.807, 2.05) is 6.07 Å². The first-order chi connectivity index (χ1) is 7.35. The highest BCUT2D eigenvalue weighted by Gasteiger charge is 2.24. The van der Waals surface area contributed by atoms with Crippen molar-refractivity contribution in [1.29, 1.82) is 0 Å². The van der Waals surface area contributed by atoms with E-state index < -0.39 is 0 Å². The molecular formula is C11H17NO3. The monoisotopic (exact) mass is 211 g/mol. The van der Waals surface area contributed by atoms with E-state index in [1.54, 1.807) is 6.26 Å². The molecular weight excluding hydrogens is 194 g/mol. The average molecular weight is 211 g/mol. The Morgan fingerprint density at radius 1 is 1.47 bits per heavy atom. The molecule has 3 N–H and O–H groups in total. The fraction of sp³-hybridized carbons (Fsp3) is 0.636. The molecule has 2 rings (SSSR count). The Morgan fingerprint density at radius 3 is 3.00 bits per heavy atom. The Kier molecular flexibility index (Phi) is 3.41. The van der Waals surface area contributed by atoms with Gasteiger partial charge >= 0.3 is 0 Å². The Morgan fingerprint density at radius 2 is 2.27 bits per heavy atom. The van der Waals surface area contributed by atoms with E-state index in [9.17, 15) is 0 Å². The van der Waals surface area contributed by atoms with Crippen LogP contribution in [0.2, 0.25) is 0 Å². The molecule has 1 aliphatic carbocycles. The third-order valence-electron chi connectivity index (χ3n) is 2.93. The van der Waals surface area contributed by atoms with Gasteiger partial charge in [0.05, 0.1) is 25.5 Å². The number of hydrogen-bond donors (Lipinski definition) is 3. The SMILES string of the molecule is OCC(CO)NC1CCCc2occc21. The van der Waals surface area contributed by atoms with Crippen LogP contribution in [0.1, 0.15) is 30.2 Å². The van der Waals surface area contributed by atoms with Crippen LogP contribution in [0.5, 0.6) is 0 Å². The van der Waals surface area contributed by atoms with Crippen LogP contribution in [0, 0.1) is 0 Å². The van der Waals surface area contributed by atoms with Gasteiger partial charge in [0.1, 0.15) is 5.76 Å². The lowest BCUT2D eigenvalue weighted by Gasteiger charge is -2.26. The molecule has 1 aromatic rings. The van der Waals surface area contributed by atoms with Gasteiger partial charge in [0, 0.05) is 18.0 Å². The van der Waals surface area contributed by atoms with Crippen molar-refractivity contribution in [2.45, 2.75) is 31.3 Å². The maximum atomic E-state index is 9.01. The minimum absolute atomic E-state index is 0.0415. The lowest BCUT2D eigenvalue weighted by atomic mass is 9.93. The third kappa shape index (κ3) is 2.22. The topological polar surface area (TPSA) is 65.6 Å². The molecule has 4 nitrogen and oxygen atoms in total. The summed E-state index contributed by atoms with van der Waals surface area (Å²) in [5.41, 5.74) is 1.17. The zero-order chi connectivity index (χ0) is 10.7. The van der Waals surface area contributed by atoms with Crippen LogP contribution in [0.3, 0.4) is 0 Å². The Labute approximate surface area is 88.9 Å². The summed E-state index contributed by atoms with van der Waals surface area (Å²) in [4.78, 5) is 0. The molecule has 1 aliphatic rings. The summed E-state index contributed by atoms with van der Waals surface area (Å²) in [6.07, 6.45) is 4.81. The molecule has 0 radical (unpaired) electrons. The molecule has 0 amide bonds. The van der Waals surface area contributed by atoms with E-state index in [1.165, 1.54) is 5.56 Å². The molecule has 84 valence electrons. The quantitative estimate of drug-likeness (QED) is 0.682. The number of aliphatic hydroxyl groups is 2. The number of fused-ring (bicyclic) bond motifs is 1. The summed E-state index contributed by atoms with van der Waals surface area (Å²) in [5.74, 6) is 1.04. The highest BCUT2D eigenvalue weighted by Crippen LogP contribution is 2.30. The van der Waals surface area contributed by atoms with Gasteiger partial charge in [0.25, 0.3) is 0 Å². The minimum atomic E-state index is -0.240. The van der Waals surface area contributed by atoms with Crippen molar-refractivity contribution in [3.8, 4) is 0 Å². The van der Waals surface area contributed by atoms with Crippen LogP contribution in [0.25, 0.3) is 0 Å². The first kappa shape index (κ1) is 10.7. The molecule has 4 heteroatoms. The smallest absolute Gasteiger partial charge is 0.108 e. The standard InChI is InChI=1S/C11H17NO3/c13-6-8(7-14)12-10-2-1-3-11-9(10)4-5-15-11/h4-5,8,10,12-14H,1-3,6-7H2. The van der Waals surface area contributed by atoms with Crippen molar-refractivity contribution in [3.05, 3.63) is 23.7 Å². The molecule has 15 heavy (non-hydrogen) atoms. The number of furan rings is 1. The number of aliphatic hydroxyl groups excluding tert-OH is 2. The van der Waals surface area contributed by atoms with Gasteiger partial charge in [-0.05, 0) is 18.9 Å². The summed E-state index contributed by atoms with van der Waals surface area (Å²) in [6.45, 7) is -0.0830. The molecule has 0 bridgehead atoms. The summed E-state index contributed by atoms with van der Waals surface area (Å²) in [7, 11) is 0. The van der Waals surface area contributed by atoms with Gasteiger partial charge in [0.15, 0.2) is 0 Å². The zero-order valence-electron chi connectivity index (χ0n) is 8.65. The molecule has 0 spiro atoms. The maximum absolute atomic E-state index is 9.01. The number of aryl methyl sites for hydroxylation is 1. The van der Waals surface area contributed by atoms with Crippen molar-refractivity contribution >= 4 is 0 Å². The highest BCUT2D eigenvalue weighted by atomic mass is 16.3. The minimum Gasteiger partial charge on any atom is -0.469 e. The van der Waals surface area contributed by atoms with Crippen LogP contribution < -0.4 is 5.32 Å². The molecule has 1 atom stereocenters. The van der Waals surface area contributed by atoms with Gasteiger partial charge in [-0.25, -0.2) is 0 Å². The van der Waals surface area contributed by atoms with Gasteiger partial charge in [-0.15, -0.1) is 0 Å². The predicted molar refractivity (Wildman–Crippen MR) is 55.5 cm³/mol. The van der Waals surface area contributed by atoms with Gasteiger partial charge < -0.3 is 19.9 Å². The van der Waals surface area contributed by atoms with E-state index in [0.717, 1.165) is 25.0 Å². The van der Waals surface area contributed by atoms with Gasteiger partial charge in [-0.1, -0.05) is 0 Å². The number of hydrogen-bond acceptors (Lipinski definition) is 4. The molecule has 0 aromatic carbocycles. The van der Waals surface area contributed by atoms with Crippen molar-refractivity contribution in [2.24, 2.45) is 0 Å². The molecule has 0 saturated carbocycles. The van der Waals surface area contributed by atoms with Crippen LogP contribution in [-0.2, 0) is 6.42 Å². The fourth-order valence-corrected chi connectivity index (χ4v) is 2.11. The fourth-order valence-electron chi connectivity index (χ4n) is 2.11. The van der Waals surface area contributed by atoms with Crippen molar-refractivity contribution in [2.75, 3.05) is 13.2 Å². The lowest BCUT2D eigenvalue weighted by molar-refractivity contribution is 0.158. The first-order valence-corrected chi connectivity index (χ1v) is 5.39. The van der Waals surface area contributed by atoms with Gasteiger partial charge in [-0.3, -0.25) is 0 Å². The second-order valence-corrected chi connectivity index (χ2v) is 3.97. The molecule has 1 heterocycles. The van der Waals surface area contributed by atoms with Crippen molar-refractivity contribution in [1.82, 2.24) is 5.32 Å². The van der Waals surface area contributed by atoms with E-state index in [0.29, 0.717) is 0 Å². The molecule has 0 saturated heterocycles. The van der Waals surface area contributed by atoms with E-state index in [2.05, 4.69) is 5.32 Å². The van der Waals surface area contributed by atoms with Crippen LogP contribution >= 0.6 is 0 Å².